The molecule has 0 bridgehead atoms. The van der Waals surface area contributed by atoms with E-state index in [2.05, 4.69) is 4.98 Å². The molecule has 0 radical (unpaired) electrons. The Morgan fingerprint density at radius 3 is 2.64 bits per heavy atom. The first-order chi connectivity index (χ1) is 11.9. The van der Waals surface area contributed by atoms with E-state index in [0.29, 0.717) is 36.1 Å². The summed E-state index contributed by atoms with van der Waals surface area (Å²) in [5, 5.41) is 1.43. The summed E-state index contributed by atoms with van der Waals surface area (Å²) in [6.07, 6.45) is 0. The Kier molecular flexibility index (Phi) is 5.36. The Morgan fingerprint density at radius 2 is 2.00 bits per heavy atom. The van der Waals surface area contributed by atoms with Crippen molar-refractivity contribution in [1.82, 2.24) is 14.8 Å². The van der Waals surface area contributed by atoms with Crippen LogP contribution >= 0.6 is 22.9 Å². The van der Waals surface area contributed by atoms with Gasteiger partial charge in [0.05, 0.1) is 12.2 Å². The summed E-state index contributed by atoms with van der Waals surface area (Å²) in [6, 6.07) is 7.45. The molecule has 1 fully saturated rings. The van der Waals surface area contributed by atoms with Gasteiger partial charge in [-0.3, -0.25) is 14.5 Å². The summed E-state index contributed by atoms with van der Waals surface area (Å²) in [4.78, 5) is 32.8. The fourth-order valence-electron chi connectivity index (χ4n) is 2.81. The standard InChI is InChI=1S/C17H19ClN4O2S/c1-11-15(25-16(20-11)12-3-2-4-13(18)9-12)17(24)22-7-5-21(6-8-22)10-14(19)23/h2-4,9H,5-8,10H2,1H3,(H2,19,23). The van der Waals surface area contributed by atoms with Crippen molar-refractivity contribution in [1.29, 1.82) is 0 Å². The van der Waals surface area contributed by atoms with Crippen molar-refractivity contribution in [2.45, 2.75) is 6.92 Å². The van der Waals surface area contributed by atoms with Gasteiger partial charge in [-0.05, 0) is 19.1 Å². The molecule has 2 N–H and O–H groups in total. The lowest BCUT2D eigenvalue weighted by Crippen LogP contribution is -2.50. The number of aryl methyl sites for hydroxylation is 1. The van der Waals surface area contributed by atoms with E-state index in [-0.39, 0.29) is 18.4 Å². The first-order valence-electron chi connectivity index (χ1n) is 7.97. The van der Waals surface area contributed by atoms with E-state index in [0.717, 1.165) is 16.3 Å². The molecule has 3 rings (SSSR count). The highest BCUT2D eigenvalue weighted by atomic mass is 35.5. The van der Waals surface area contributed by atoms with Crippen LogP contribution in [0.5, 0.6) is 0 Å². The number of thiazole rings is 1. The number of carbonyl (C=O) groups excluding carboxylic acids is 2. The minimum Gasteiger partial charge on any atom is -0.369 e. The zero-order valence-corrected chi connectivity index (χ0v) is 15.4. The molecule has 0 atom stereocenters. The highest BCUT2D eigenvalue weighted by Gasteiger charge is 2.26. The number of carbonyl (C=O) groups is 2. The smallest absolute Gasteiger partial charge is 0.265 e. The summed E-state index contributed by atoms with van der Waals surface area (Å²) in [7, 11) is 0. The molecule has 2 heterocycles. The first-order valence-corrected chi connectivity index (χ1v) is 9.17. The molecule has 1 aliphatic heterocycles. The topological polar surface area (TPSA) is 79.5 Å². The van der Waals surface area contributed by atoms with Gasteiger partial charge in [-0.15, -0.1) is 11.3 Å². The van der Waals surface area contributed by atoms with Gasteiger partial charge in [0.2, 0.25) is 5.91 Å². The van der Waals surface area contributed by atoms with Crippen molar-refractivity contribution in [3.05, 3.63) is 39.9 Å². The van der Waals surface area contributed by atoms with E-state index in [1.807, 2.05) is 36.1 Å². The highest BCUT2D eigenvalue weighted by molar-refractivity contribution is 7.17. The molecule has 2 aromatic rings. The summed E-state index contributed by atoms with van der Waals surface area (Å²) in [6.45, 7) is 4.54. The number of amides is 2. The minimum atomic E-state index is -0.343. The largest absolute Gasteiger partial charge is 0.369 e. The number of nitrogens with zero attached hydrogens (tertiary/aromatic N) is 3. The van der Waals surface area contributed by atoms with E-state index >= 15 is 0 Å². The van der Waals surface area contributed by atoms with Gasteiger partial charge in [-0.1, -0.05) is 23.7 Å². The average Bonchev–Trinajstić information content (AvgIpc) is 2.96. The van der Waals surface area contributed by atoms with Crippen LogP contribution in [0.2, 0.25) is 5.02 Å². The lowest BCUT2D eigenvalue weighted by molar-refractivity contribution is -0.119. The molecule has 1 aromatic heterocycles. The zero-order valence-electron chi connectivity index (χ0n) is 13.9. The molecule has 0 aliphatic carbocycles. The SMILES string of the molecule is Cc1nc(-c2cccc(Cl)c2)sc1C(=O)N1CCN(CC(N)=O)CC1. The monoisotopic (exact) mass is 378 g/mol. The number of nitrogens with two attached hydrogens (primary N) is 1. The molecule has 6 nitrogen and oxygen atoms in total. The molecule has 2 amide bonds. The van der Waals surface area contributed by atoms with Gasteiger partial charge in [0.15, 0.2) is 0 Å². The number of primary amides is 1. The quantitative estimate of drug-likeness (QED) is 0.882. The summed E-state index contributed by atoms with van der Waals surface area (Å²) >= 11 is 7.43. The zero-order chi connectivity index (χ0) is 18.0. The molecule has 132 valence electrons. The Labute approximate surface area is 155 Å². The second-order valence-electron chi connectivity index (χ2n) is 5.98. The summed E-state index contributed by atoms with van der Waals surface area (Å²) in [5.41, 5.74) is 6.85. The van der Waals surface area contributed by atoms with E-state index in [1.54, 1.807) is 4.90 Å². The molecule has 8 heteroatoms. The third-order valence-electron chi connectivity index (χ3n) is 4.10. The average molecular weight is 379 g/mol. The number of aromatic nitrogens is 1. The second-order valence-corrected chi connectivity index (χ2v) is 7.41. The van der Waals surface area contributed by atoms with E-state index in [9.17, 15) is 9.59 Å². The van der Waals surface area contributed by atoms with Crippen molar-refractivity contribution in [2.24, 2.45) is 5.73 Å². The van der Waals surface area contributed by atoms with Crippen LogP contribution in [0, 0.1) is 6.92 Å². The van der Waals surface area contributed by atoms with Crippen molar-refractivity contribution in [2.75, 3.05) is 32.7 Å². The maximum atomic E-state index is 12.8. The van der Waals surface area contributed by atoms with Gasteiger partial charge in [0.25, 0.3) is 5.91 Å². The van der Waals surface area contributed by atoms with Crippen LogP contribution < -0.4 is 5.73 Å². The number of rotatable bonds is 4. The van der Waals surface area contributed by atoms with Gasteiger partial charge in [0.1, 0.15) is 9.88 Å². The van der Waals surface area contributed by atoms with Crippen LogP contribution in [0.3, 0.4) is 0 Å². The second kappa shape index (κ2) is 7.51. The molecule has 1 aliphatic rings. The first kappa shape index (κ1) is 17.8. The number of hydrogen-bond acceptors (Lipinski definition) is 5. The Morgan fingerprint density at radius 1 is 1.28 bits per heavy atom. The number of piperazine rings is 1. The highest BCUT2D eigenvalue weighted by Crippen LogP contribution is 2.30. The van der Waals surface area contributed by atoms with Crippen molar-refractivity contribution in [3.63, 3.8) is 0 Å². The van der Waals surface area contributed by atoms with Gasteiger partial charge < -0.3 is 10.6 Å². The van der Waals surface area contributed by atoms with Gasteiger partial charge in [-0.25, -0.2) is 4.98 Å². The summed E-state index contributed by atoms with van der Waals surface area (Å²) in [5.74, 6) is -0.355. The van der Waals surface area contributed by atoms with Crippen molar-refractivity contribution in [3.8, 4) is 10.6 Å². The molecular weight excluding hydrogens is 360 g/mol. The van der Waals surface area contributed by atoms with Crippen molar-refractivity contribution >= 4 is 34.8 Å². The minimum absolute atomic E-state index is 0.0120. The Hall–Kier alpha value is -1.96. The normalized spacial score (nSPS) is 15.4. The lowest BCUT2D eigenvalue weighted by atomic mass is 10.2. The van der Waals surface area contributed by atoms with E-state index in [4.69, 9.17) is 17.3 Å². The molecule has 0 unspecified atom stereocenters. The molecule has 25 heavy (non-hydrogen) atoms. The maximum absolute atomic E-state index is 12.8. The molecule has 0 spiro atoms. The van der Waals surface area contributed by atoms with E-state index < -0.39 is 0 Å². The molecule has 1 aromatic carbocycles. The molecule has 1 saturated heterocycles. The molecule has 0 saturated carbocycles. The molecular formula is C17H19ClN4O2S. The number of halogens is 1. The fraction of sp³-hybridized carbons (Fsp3) is 0.353. The Bertz CT molecular complexity index is 800. The lowest BCUT2D eigenvalue weighted by Gasteiger charge is -2.33. The van der Waals surface area contributed by atoms with Crippen LogP contribution in [0.25, 0.3) is 10.6 Å². The van der Waals surface area contributed by atoms with E-state index in [1.165, 1.54) is 11.3 Å². The van der Waals surface area contributed by atoms with Crippen LogP contribution in [0.1, 0.15) is 15.4 Å². The third kappa shape index (κ3) is 4.18. The Balaban J connectivity index is 1.72. The third-order valence-corrected chi connectivity index (χ3v) is 5.53. The summed E-state index contributed by atoms with van der Waals surface area (Å²) < 4.78 is 0. The van der Waals surface area contributed by atoms with Crippen LogP contribution in [0.15, 0.2) is 24.3 Å². The predicted molar refractivity (Wildman–Crippen MR) is 98.8 cm³/mol. The van der Waals surface area contributed by atoms with Gasteiger partial charge >= 0.3 is 0 Å². The van der Waals surface area contributed by atoms with Crippen LogP contribution in [0.4, 0.5) is 0 Å². The van der Waals surface area contributed by atoms with Gasteiger partial charge in [0, 0.05) is 36.8 Å². The predicted octanol–water partition coefficient (Wildman–Crippen LogP) is 2.02. The van der Waals surface area contributed by atoms with Crippen LogP contribution in [-0.2, 0) is 4.79 Å². The fourth-order valence-corrected chi connectivity index (χ4v) is 4.03. The van der Waals surface area contributed by atoms with Crippen LogP contribution in [-0.4, -0.2) is 59.3 Å². The number of benzene rings is 1. The maximum Gasteiger partial charge on any atom is 0.265 e. The van der Waals surface area contributed by atoms with Gasteiger partial charge in [-0.2, -0.15) is 0 Å². The van der Waals surface area contributed by atoms with Crippen molar-refractivity contribution < 1.29 is 9.59 Å². The number of hydrogen-bond donors (Lipinski definition) is 1.